The molecule has 0 spiro atoms. The first-order valence-electron chi connectivity index (χ1n) is 15.0. The Labute approximate surface area is 236 Å². The Morgan fingerprint density at radius 2 is 1.27 bits per heavy atom. The van der Waals surface area contributed by atoms with Gasteiger partial charge < -0.3 is 19.4 Å². The molecule has 2 aromatic carbocycles. The van der Waals surface area contributed by atoms with Crippen molar-refractivity contribution in [3.8, 4) is 5.75 Å². The molecule has 6 rings (SSSR count). The summed E-state index contributed by atoms with van der Waals surface area (Å²) in [5.74, 6) is 1.40. The molecule has 3 aliphatic heterocycles. The highest BCUT2D eigenvalue weighted by atomic mass is 16.5. The molecule has 1 atom stereocenters. The molecule has 212 valence electrons. The van der Waals surface area contributed by atoms with Gasteiger partial charge in [0.2, 0.25) is 5.91 Å². The molecule has 1 saturated carbocycles. The van der Waals surface area contributed by atoms with E-state index in [-0.39, 0.29) is 23.8 Å². The van der Waals surface area contributed by atoms with E-state index in [4.69, 9.17) is 4.74 Å². The number of likely N-dealkylation sites (tertiary alicyclic amines) is 2. The second-order valence-electron chi connectivity index (χ2n) is 11.7. The molecule has 8 heteroatoms. The molecule has 0 radical (unpaired) electrons. The lowest BCUT2D eigenvalue weighted by atomic mass is 9.88. The molecule has 4 fully saturated rings. The zero-order valence-corrected chi connectivity index (χ0v) is 23.2. The number of benzene rings is 2. The Kier molecular flexibility index (Phi) is 8.05. The topological polar surface area (TPSA) is 73.4 Å². The molecule has 40 heavy (non-hydrogen) atoms. The lowest BCUT2D eigenvalue weighted by molar-refractivity contribution is -0.135. The van der Waals surface area contributed by atoms with E-state index < -0.39 is 0 Å². The summed E-state index contributed by atoms with van der Waals surface area (Å²) in [4.78, 5) is 46.8. The van der Waals surface area contributed by atoms with E-state index >= 15 is 0 Å². The Morgan fingerprint density at radius 3 is 1.98 bits per heavy atom. The fraction of sp³-hybridized carbons (Fsp3) is 0.531. The summed E-state index contributed by atoms with van der Waals surface area (Å²) >= 11 is 0. The highest BCUT2D eigenvalue weighted by Gasteiger charge is 2.37. The van der Waals surface area contributed by atoms with Gasteiger partial charge in [0.05, 0.1) is 6.54 Å². The predicted octanol–water partition coefficient (Wildman–Crippen LogP) is 3.53. The maximum Gasteiger partial charge on any atom is 0.253 e. The normalized spacial score (nSPS) is 22.7. The quantitative estimate of drug-likeness (QED) is 0.557. The number of nitrogens with zero attached hydrogens (tertiary/aromatic N) is 4. The van der Waals surface area contributed by atoms with Crippen LogP contribution in [0.2, 0.25) is 0 Å². The summed E-state index contributed by atoms with van der Waals surface area (Å²) < 4.78 is 6.18. The number of carbonyl (C=O) groups excluding carboxylic acids is 3. The van der Waals surface area contributed by atoms with E-state index in [1.807, 2.05) is 69.3 Å². The minimum atomic E-state index is 0.00804. The van der Waals surface area contributed by atoms with E-state index in [0.29, 0.717) is 37.1 Å². The molecule has 8 nitrogen and oxygen atoms in total. The number of piperazine rings is 1. The maximum absolute atomic E-state index is 13.0. The Hall–Kier alpha value is -3.39. The number of hydrogen-bond donors (Lipinski definition) is 0. The fourth-order valence-electron chi connectivity index (χ4n) is 6.59. The molecule has 1 aliphatic carbocycles. The van der Waals surface area contributed by atoms with Gasteiger partial charge in [0.1, 0.15) is 11.9 Å². The second kappa shape index (κ2) is 12.0. The van der Waals surface area contributed by atoms with E-state index in [2.05, 4.69) is 4.90 Å². The second-order valence-corrected chi connectivity index (χ2v) is 11.7. The summed E-state index contributed by atoms with van der Waals surface area (Å²) in [5, 5.41) is 0. The lowest BCUT2D eigenvalue weighted by Gasteiger charge is -2.48. The van der Waals surface area contributed by atoms with Crippen molar-refractivity contribution in [3.63, 3.8) is 0 Å². The number of amides is 3. The first kappa shape index (κ1) is 26.8. The maximum atomic E-state index is 13.0. The SMILES string of the molecule is O=C(c1ccccc1)N1CCN(C2CN(C(=O)c3ccc(O[C@@H]4CCN(C(=O)C5CCCCC5)C4)cc3)C2)CC1. The average molecular weight is 545 g/mol. The van der Waals surface area contributed by atoms with Crippen molar-refractivity contribution in [3.05, 3.63) is 65.7 Å². The standard InChI is InChI=1S/C32H40N4O4/c37-30(24-7-3-1-4-8-24)34-19-17-33(18-20-34)27-21-36(22-27)32(39)26-11-13-28(14-12-26)40-29-15-16-35(23-29)31(38)25-9-5-2-6-10-25/h1,3-4,7-8,11-14,25,27,29H,2,5-6,9-10,15-23H2/t29-/m1/s1. The van der Waals surface area contributed by atoms with Gasteiger partial charge in [-0.05, 0) is 49.2 Å². The van der Waals surface area contributed by atoms with Crippen LogP contribution in [0.15, 0.2) is 54.6 Å². The van der Waals surface area contributed by atoms with Gasteiger partial charge in [0.25, 0.3) is 11.8 Å². The van der Waals surface area contributed by atoms with Crippen molar-refractivity contribution >= 4 is 17.7 Å². The van der Waals surface area contributed by atoms with Crippen LogP contribution in [0.4, 0.5) is 0 Å². The zero-order chi connectivity index (χ0) is 27.5. The number of rotatable bonds is 6. The minimum absolute atomic E-state index is 0.00804. The van der Waals surface area contributed by atoms with Crippen molar-refractivity contribution in [1.29, 1.82) is 0 Å². The van der Waals surface area contributed by atoms with Crippen molar-refractivity contribution in [2.24, 2.45) is 5.92 Å². The third-order valence-corrected chi connectivity index (χ3v) is 9.10. The Morgan fingerprint density at radius 1 is 0.625 bits per heavy atom. The molecule has 0 N–H and O–H groups in total. The number of hydrogen-bond acceptors (Lipinski definition) is 5. The van der Waals surface area contributed by atoms with Crippen LogP contribution >= 0.6 is 0 Å². The summed E-state index contributed by atoms with van der Waals surface area (Å²) in [6.45, 7) is 5.96. The van der Waals surface area contributed by atoms with Gasteiger partial charge in [0.15, 0.2) is 0 Å². The summed E-state index contributed by atoms with van der Waals surface area (Å²) in [6.07, 6.45) is 6.50. The third-order valence-electron chi connectivity index (χ3n) is 9.10. The van der Waals surface area contributed by atoms with Crippen LogP contribution < -0.4 is 4.74 Å². The minimum Gasteiger partial charge on any atom is -0.489 e. The van der Waals surface area contributed by atoms with E-state index in [9.17, 15) is 14.4 Å². The van der Waals surface area contributed by atoms with E-state index in [1.54, 1.807) is 0 Å². The van der Waals surface area contributed by atoms with Gasteiger partial charge >= 0.3 is 0 Å². The predicted molar refractivity (Wildman–Crippen MR) is 152 cm³/mol. The summed E-state index contributed by atoms with van der Waals surface area (Å²) in [7, 11) is 0. The van der Waals surface area contributed by atoms with Crippen LogP contribution in [0.1, 0.15) is 59.2 Å². The number of carbonyl (C=O) groups is 3. The highest BCUT2D eigenvalue weighted by Crippen LogP contribution is 2.28. The van der Waals surface area contributed by atoms with Crippen molar-refractivity contribution in [1.82, 2.24) is 19.6 Å². The van der Waals surface area contributed by atoms with Crippen molar-refractivity contribution in [2.75, 3.05) is 52.4 Å². The average Bonchev–Trinajstić information content (AvgIpc) is 3.45. The van der Waals surface area contributed by atoms with Crippen LogP contribution in [0.25, 0.3) is 0 Å². The van der Waals surface area contributed by atoms with Crippen LogP contribution in [0.5, 0.6) is 5.75 Å². The van der Waals surface area contributed by atoms with Crippen LogP contribution in [-0.2, 0) is 4.79 Å². The van der Waals surface area contributed by atoms with E-state index in [0.717, 1.165) is 63.3 Å². The monoisotopic (exact) mass is 544 g/mol. The molecule has 0 aromatic heterocycles. The van der Waals surface area contributed by atoms with Crippen molar-refractivity contribution < 1.29 is 19.1 Å². The number of ether oxygens (including phenoxy) is 1. The molecule has 4 aliphatic rings. The fourth-order valence-corrected chi connectivity index (χ4v) is 6.59. The molecular formula is C32H40N4O4. The van der Waals surface area contributed by atoms with Gasteiger partial charge in [-0.3, -0.25) is 19.3 Å². The van der Waals surface area contributed by atoms with Crippen LogP contribution in [-0.4, -0.2) is 102 Å². The lowest BCUT2D eigenvalue weighted by Crippen LogP contribution is -2.64. The third kappa shape index (κ3) is 5.87. The molecule has 3 amide bonds. The Bertz CT molecular complexity index is 1180. The van der Waals surface area contributed by atoms with Crippen LogP contribution in [0.3, 0.4) is 0 Å². The smallest absolute Gasteiger partial charge is 0.253 e. The van der Waals surface area contributed by atoms with Gasteiger partial charge in [0, 0.05) is 75.3 Å². The van der Waals surface area contributed by atoms with Gasteiger partial charge in [-0.25, -0.2) is 0 Å². The molecule has 2 aromatic rings. The van der Waals surface area contributed by atoms with E-state index in [1.165, 1.54) is 19.3 Å². The molecule has 0 bridgehead atoms. The molecule has 3 heterocycles. The largest absolute Gasteiger partial charge is 0.489 e. The molecule has 3 saturated heterocycles. The molecular weight excluding hydrogens is 504 g/mol. The zero-order valence-electron chi connectivity index (χ0n) is 23.2. The summed E-state index contributed by atoms with van der Waals surface area (Å²) in [6, 6.07) is 17.2. The summed E-state index contributed by atoms with van der Waals surface area (Å²) in [5.41, 5.74) is 1.41. The van der Waals surface area contributed by atoms with Gasteiger partial charge in [-0.15, -0.1) is 0 Å². The van der Waals surface area contributed by atoms with Crippen molar-refractivity contribution in [2.45, 2.75) is 50.7 Å². The highest BCUT2D eigenvalue weighted by molar-refractivity contribution is 5.95. The van der Waals surface area contributed by atoms with Gasteiger partial charge in [-0.2, -0.15) is 0 Å². The molecule has 0 unspecified atom stereocenters. The first-order valence-corrected chi connectivity index (χ1v) is 15.0. The Balaban J connectivity index is 0.929. The first-order chi connectivity index (χ1) is 19.5. The van der Waals surface area contributed by atoms with Gasteiger partial charge in [-0.1, -0.05) is 37.5 Å². The van der Waals surface area contributed by atoms with Crippen LogP contribution in [0, 0.1) is 5.92 Å².